The fourth-order valence-corrected chi connectivity index (χ4v) is 6.09. The molecule has 0 spiro atoms. The Balaban J connectivity index is 3.86. The summed E-state index contributed by atoms with van der Waals surface area (Å²) in [5.74, 6) is -0.392. The van der Waals surface area contributed by atoms with Gasteiger partial charge in [0.2, 0.25) is 0 Å². The second kappa shape index (κ2) is 37.8. The topological polar surface area (TPSA) is 102 Å². The van der Waals surface area contributed by atoms with Crippen molar-refractivity contribution in [1.82, 2.24) is 0 Å². The van der Waals surface area contributed by atoms with Crippen LogP contribution in [-0.2, 0) is 23.4 Å². The number of rotatable bonds is 38. The monoisotopic (exact) mass is 713 g/mol. The molecule has 0 saturated carbocycles. The van der Waals surface area contributed by atoms with Crippen LogP contribution in [0, 0.1) is 0 Å². The van der Waals surface area contributed by atoms with Crippen LogP contribution in [0.1, 0.15) is 200 Å². The molecule has 288 valence electrons. The first-order chi connectivity index (χ1) is 23.9. The van der Waals surface area contributed by atoms with Crippen LogP contribution in [0.4, 0.5) is 0 Å². The van der Waals surface area contributed by atoms with Crippen molar-refractivity contribution >= 4 is 13.8 Å². The lowest BCUT2D eigenvalue weighted by atomic mass is 10.0. The fourth-order valence-electron chi connectivity index (χ4n) is 5.73. The molecule has 8 heteroatoms. The zero-order valence-corrected chi connectivity index (χ0v) is 32.7. The van der Waals surface area contributed by atoms with E-state index in [2.05, 4.69) is 42.7 Å². The third-order valence-electron chi connectivity index (χ3n) is 8.76. The van der Waals surface area contributed by atoms with E-state index in [1.54, 1.807) is 6.26 Å². The molecule has 0 aromatic heterocycles. The highest BCUT2D eigenvalue weighted by Gasteiger charge is 2.21. The van der Waals surface area contributed by atoms with Crippen molar-refractivity contribution in [3.63, 3.8) is 0 Å². The van der Waals surface area contributed by atoms with Gasteiger partial charge < -0.3 is 19.3 Å². The second-order valence-electron chi connectivity index (χ2n) is 13.7. The minimum absolute atomic E-state index is 0.00802. The first kappa shape index (κ1) is 47.6. The molecular formula is C41H77O7P. The van der Waals surface area contributed by atoms with Crippen LogP contribution in [-0.4, -0.2) is 35.1 Å². The lowest BCUT2D eigenvalue weighted by molar-refractivity contribution is -0.153. The number of hydrogen-bond acceptors (Lipinski definition) is 5. The number of phosphoric acid groups is 1. The van der Waals surface area contributed by atoms with Gasteiger partial charge in [0.05, 0.1) is 12.9 Å². The highest BCUT2D eigenvalue weighted by Crippen LogP contribution is 2.36. The molecule has 0 saturated heterocycles. The average Bonchev–Trinajstić information content (AvgIpc) is 3.07. The van der Waals surface area contributed by atoms with Crippen molar-refractivity contribution in [2.24, 2.45) is 0 Å². The zero-order chi connectivity index (χ0) is 35.9. The maximum atomic E-state index is 12.4. The van der Waals surface area contributed by atoms with Gasteiger partial charge in [-0.25, -0.2) is 4.57 Å². The van der Waals surface area contributed by atoms with E-state index in [1.807, 2.05) is 6.08 Å². The van der Waals surface area contributed by atoms with E-state index >= 15 is 0 Å². The van der Waals surface area contributed by atoms with Crippen LogP contribution in [0.3, 0.4) is 0 Å². The number of hydrogen-bond donors (Lipinski definition) is 2. The van der Waals surface area contributed by atoms with Gasteiger partial charge in [0.15, 0.2) is 6.10 Å². The van der Waals surface area contributed by atoms with Crippen LogP contribution in [0.5, 0.6) is 0 Å². The molecule has 2 N–H and O–H groups in total. The van der Waals surface area contributed by atoms with E-state index in [9.17, 15) is 9.36 Å². The summed E-state index contributed by atoms with van der Waals surface area (Å²) in [6.45, 7) is 4.08. The van der Waals surface area contributed by atoms with Crippen molar-refractivity contribution in [1.29, 1.82) is 0 Å². The molecule has 0 amide bonds. The van der Waals surface area contributed by atoms with E-state index in [-0.39, 0.29) is 13.0 Å². The fraction of sp³-hybridized carbons (Fsp3) is 0.829. The smallest absolute Gasteiger partial charge is 0.469 e. The molecule has 49 heavy (non-hydrogen) atoms. The molecule has 0 aromatic carbocycles. The Kier molecular flexibility index (Phi) is 36.8. The largest absolute Gasteiger partial charge is 0.498 e. The Morgan fingerprint density at radius 2 is 0.959 bits per heavy atom. The van der Waals surface area contributed by atoms with Crippen molar-refractivity contribution < 1.29 is 33.1 Å². The molecule has 0 aromatic rings. The van der Waals surface area contributed by atoms with Crippen LogP contribution < -0.4 is 0 Å². The van der Waals surface area contributed by atoms with Gasteiger partial charge in [0, 0.05) is 6.42 Å². The molecule has 7 nitrogen and oxygen atoms in total. The molecule has 0 aliphatic heterocycles. The van der Waals surface area contributed by atoms with Gasteiger partial charge in [0.1, 0.15) is 6.61 Å². The summed E-state index contributed by atoms with van der Waals surface area (Å²) in [6.07, 6.45) is 46.5. The molecule has 0 unspecified atom stereocenters. The van der Waals surface area contributed by atoms with Crippen LogP contribution in [0.15, 0.2) is 36.6 Å². The summed E-state index contributed by atoms with van der Waals surface area (Å²) in [5.41, 5.74) is 0. The van der Waals surface area contributed by atoms with E-state index in [1.165, 1.54) is 128 Å². The maximum Gasteiger partial charge on any atom is 0.469 e. The number of carbonyl (C=O) groups is 1. The van der Waals surface area contributed by atoms with Crippen molar-refractivity contribution in [2.75, 3.05) is 13.2 Å². The van der Waals surface area contributed by atoms with Crippen LogP contribution in [0.25, 0.3) is 0 Å². The first-order valence-electron chi connectivity index (χ1n) is 20.3. The summed E-state index contributed by atoms with van der Waals surface area (Å²) >= 11 is 0. The number of ether oxygens (including phenoxy) is 2. The van der Waals surface area contributed by atoms with Gasteiger partial charge in [-0.15, -0.1) is 0 Å². The quantitative estimate of drug-likeness (QED) is 0.0216. The van der Waals surface area contributed by atoms with E-state index in [0.29, 0.717) is 0 Å². The second-order valence-corrected chi connectivity index (χ2v) is 14.9. The van der Waals surface area contributed by atoms with Crippen LogP contribution in [0.2, 0.25) is 0 Å². The summed E-state index contributed by atoms with van der Waals surface area (Å²) in [6, 6.07) is 0. The standard InChI is InChI=1S/C41H77O7P/c1-3-5-7-9-11-13-15-17-19-21-22-24-26-28-30-32-34-36-41(42)48-40(39-47-49(43,44)45)38-46-37-35-33-31-29-27-25-23-20-18-16-14-12-10-8-6-4-2/h11,13,17,19,35,37,40H,3-10,12,14-16,18,20-34,36,38-39H2,1-2H3,(H2,43,44,45)/b13-11-,19-17-,37-35-/t40-/m1/s1. The van der Waals surface area contributed by atoms with Crippen molar-refractivity contribution in [2.45, 2.75) is 206 Å². The molecule has 0 aliphatic carbocycles. The van der Waals surface area contributed by atoms with Gasteiger partial charge in [-0.05, 0) is 57.4 Å². The Hall–Kier alpha value is -1.40. The molecular weight excluding hydrogens is 635 g/mol. The molecule has 0 fully saturated rings. The summed E-state index contributed by atoms with van der Waals surface area (Å²) in [4.78, 5) is 30.5. The number of unbranched alkanes of at least 4 members (excludes halogenated alkanes) is 24. The first-order valence-corrected chi connectivity index (χ1v) is 21.9. The predicted octanol–water partition coefficient (Wildman–Crippen LogP) is 13.0. The maximum absolute atomic E-state index is 12.4. The minimum Gasteiger partial charge on any atom is -0.498 e. The molecule has 0 radical (unpaired) electrons. The molecule has 0 heterocycles. The lowest BCUT2D eigenvalue weighted by Crippen LogP contribution is -2.27. The highest BCUT2D eigenvalue weighted by molar-refractivity contribution is 7.46. The predicted molar refractivity (Wildman–Crippen MR) is 206 cm³/mol. The number of phosphoric ester groups is 1. The van der Waals surface area contributed by atoms with Gasteiger partial charge in [0.25, 0.3) is 0 Å². The summed E-state index contributed by atoms with van der Waals surface area (Å²) in [5, 5.41) is 0. The Morgan fingerprint density at radius 1 is 0.551 bits per heavy atom. The van der Waals surface area contributed by atoms with E-state index in [4.69, 9.17) is 19.3 Å². The number of esters is 1. The van der Waals surface area contributed by atoms with Gasteiger partial charge in [-0.3, -0.25) is 9.32 Å². The Bertz CT molecular complexity index is 836. The van der Waals surface area contributed by atoms with E-state index < -0.39 is 26.5 Å². The van der Waals surface area contributed by atoms with Crippen LogP contribution >= 0.6 is 7.82 Å². The average molecular weight is 713 g/mol. The SMILES string of the molecule is CCCCC/C=C\C/C=C\CCCCCCCCCC(=O)O[C@H](CO/C=C\CCCCCCCCCCCCCCCC)COP(=O)(O)O. The number of carbonyl (C=O) groups excluding carboxylic acids is 1. The van der Waals surface area contributed by atoms with E-state index in [0.717, 1.165) is 51.4 Å². The van der Waals surface area contributed by atoms with Crippen molar-refractivity contribution in [3.05, 3.63) is 36.6 Å². The Labute approximate surface area is 302 Å². The summed E-state index contributed by atoms with van der Waals surface area (Å²) < 4.78 is 26.7. The third kappa shape index (κ3) is 40.9. The molecule has 0 aliphatic rings. The molecule has 1 atom stereocenters. The van der Waals surface area contributed by atoms with Gasteiger partial charge in [-0.2, -0.15) is 0 Å². The van der Waals surface area contributed by atoms with Gasteiger partial charge >= 0.3 is 13.8 Å². The minimum atomic E-state index is -4.67. The number of allylic oxidation sites excluding steroid dienone is 5. The normalized spacial score (nSPS) is 12.9. The Morgan fingerprint density at radius 3 is 1.45 bits per heavy atom. The third-order valence-corrected chi connectivity index (χ3v) is 9.24. The van der Waals surface area contributed by atoms with Gasteiger partial charge in [-0.1, -0.05) is 167 Å². The molecule has 0 bridgehead atoms. The summed E-state index contributed by atoms with van der Waals surface area (Å²) in [7, 11) is -4.67. The molecule has 0 rings (SSSR count). The zero-order valence-electron chi connectivity index (χ0n) is 31.8. The van der Waals surface area contributed by atoms with Crippen molar-refractivity contribution in [3.8, 4) is 0 Å². The highest BCUT2D eigenvalue weighted by atomic mass is 31.2. The lowest BCUT2D eigenvalue weighted by Gasteiger charge is -2.18.